The van der Waals surface area contributed by atoms with Crippen molar-refractivity contribution in [1.82, 2.24) is 4.90 Å². The van der Waals surface area contributed by atoms with E-state index in [1.165, 1.54) is 16.7 Å². The van der Waals surface area contributed by atoms with Crippen molar-refractivity contribution >= 4 is 48.9 Å². The predicted molar refractivity (Wildman–Crippen MR) is 133 cm³/mol. The zero-order valence-electron chi connectivity index (χ0n) is 19.8. The van der Waals surface area contributed by atoms with Gasteiger partial charge in [0, 0.05) is 17.1 Å². The molecule has 174 valence electrons. The molecule has 31 heavy (non-hydrogen) atoms. The van der Waals surface area contributed by atoms with Crippen LogP contribution in [0.3, 0.4) is 0 Å². The number of imide groups is 1. The van der Waals surface area contributed by atoms with E-state index in [1.54, 1.807) is 11.8 Å². The molecule has 0 aromatic heterocycles. The van der Waals surface area contributed by atoms with Gasteiger partial charge < -0.3 is 8.84 Å². The van der Waals surface area contributed by atoms with E-state index in [2.05, 4.69) is 0 Å². The van der Waals surface area contributed by atoms with Crippen molar-refractivity contribution in [1.29, 1.82) is 0 Å². The summed E-state index contributed by atoms with van der Waals surface area (Å²) in [5.74, 6) is 0.582. The SMILES string of the molecule is CSCCOCCN1C(=O)CC(Sc2ccc([Si]([18F])(C(C)(C)C)C(C)(C)C)cc2)C1=O. The topological polar surface area (TPSA) is 46.6 Å². The molecule has 0 N–H and O–H groups in total. The van der Waals surface area contributed by atoms with Crippen molar-refractivity contribution in [3.05, 3.63) is 24.3 Å². The van der Waals surface area contributed by atoms with Gasteiger partial charge in [-0.05, 0) is 33.7 Å². The monoisotopic (exact) mass is 484 g/mol. The third-order valence-corrected chi connectivity index (χ3v) is 12.7. The summed E-state index contributed by atoms with van der Waals surface area (Å²) in [5, 5.41) is -0.532. The Labute approximate surface area is 196 Å². The lowest BCUT2D eigenvalue weighted by Gasteiger charge is -2.44. The van der Waals surface area contributed by atoms with E-state index in [1.807, 2.05) is 72.1 Å². The number of rotatable bonds is 9. The van der Waals surface area contributed by atoms with Gasteiger partial charge >= 0.3 is 0 Å². The molecule has 0 aliphatic carbocycles. The molecule has 1 unspecified atom stereocenters. The summed E-state index contributed by atoms with van der Waals surface area (Å²) < 4.78 is 21.9. The number of ether oxygens (including phenoxy) is 1. The van der Waals surface area contributed by atoms with Crippen molar-refractivity contribution in [2.45, 2.75) is 68.2 Å². The highest BCUT2D eigenvalue weighted by Crippen LogP contribution is 2.51. The Kier molecular flexibility index (Phi) is 8.86. The Morgan fingerprint density at radius 2 is 1.65 bits per heavy atom. The first-order valence-electron chi connectivity index (χ1n) is 10.7. The molecule has 0 bridgehead atoms. The maximum absolute atomic E-state index is 16.4. The number of carbonyl (C=O) groups is 2. The first-order chi connectivity index (χ1) is 14.3. The van der Waals surface area contributed by atoms with Crippen LogP contribution in [0.2, 0.25) is 10.1 Å². The second kappa shape index (κ2) is 10.4. The molecule has 8 heteroatoms. The van der Waals surface area contributed by atoms with Gasteiger partial charge in [0.2, 0.25) is 11.8 Å². The summed E-state index contributed by atoms with van der Waals surface area (Å²) in [6.07, 6.45) is 2.20. The molecule has 0 saturated carbocycles. The van der Waals surface area contributed by atoms with E-state index in [0.717, 1.165) is 15.8 Å². The maximum Gasteiger partial charge on any atom is 0.288 e. The van der Waals surface area contributed by atoms with Gasteiger partial charge in [-0.25, -0.2) is 0 Å². The summed E-state index contributed by atoms with van der Waals surface area (Å²) >= 11 is 3.08. The Morgan fingerprint density at radius 1 is 1.06 bits per heavy atom. The minimum atomic E-state index is -3.31. The van der Waals surface area contributed by atoms with Crippen LogP contribution in [-0.2, 0) is 14.3 Å². The zero-order chi connectivity index (χ0) is 23.4. The summed E-state index contributed by atoms with van der Waals surface area (Å²) in [6, 6.07) is 7.54. The van der Waals surface area contributed by atoms with Gasteiger partial charge in [-0.3, -0.25) is 14.5 Å². The summed E-state index contributed by atoms with van der Waals surface area (Å²) in [5.41, 5.74) is 0. The average molecular weight is 485 g/mol. The first kappa shape index (κ1) is 26.4. The Bertz CT molecular complexity index is 761. The third kappa shape index (κ3) is 5.95. The Hall–Kier alpha value is -0.833. The largest absolute Gasteiger partial charge is 0.379 e. The van der Waals surface area contributed by atoms with Gasteiger partial charge in [-0.1, -0.05) is 53.7 Å². The molecule has 2 rings (SSSR count). The van der Waals surface area contributed by atoms with Gasteiger partial charge in [-0.15, -0.1) is 11.8 Å². The highest BCUT2D eigenvalue weighted by atomic mass is 32.2. The molecule has 2 amide bonds. The quantitative estimate of drug-likeness (QED) is 0.213. The lowest BCUT2D eigenvalue weighted by Crippen LogP contribution is -2.57. The van der Waals surface area contributed by atoms with Crippen LogP contribution in [0.1, 0.15) is 48.0 Å². The molecule has 1 fully saturated rings. The molecule has 1 atom stereocenters. The minimum Gasteiger partial charge on any atom is -0.379 e. The van der Waals surface area contributed by atoms with Crippen LogP contribution in [-0.4, -0.2) is 62.1 Å². The maximum atomic E-state index is 16.4. The average Bonchev–Trinajstić information content (AvgIpc) is 2.93. The van der Waals surface area contributed by atoms with Crippen molar-refractivity contribution in [2.75, 3.05) is 31.8 Å². The van der Waals surface area contributed by atoms with E-state index in [4.69, 9.17) is 4.74 Å². The van der Waals surface area contributed by atoms with Crippen LogP contribution in [0.5, 0.6) is 0 Å². The van der Waals surface area contributed by atoms with E-state index in [0.29, 0.717) is 19.8 Å². The molecule has 0 radical (unpaired) electrons. The highest BCUT2D eigenvalue weighted by Gasteiger charge is 2.56. The van der Waals surface area contributed by atoms with Crippen molar-refractivity contribution in [3.63, 3.8) is 0 Å². The number of hydrogen-bond acceptors (Lipinski definition) is 5. The van der Waals surface area contributed by atoms with Crippen LogP contribution in [0.15, 0.2) is 29.2 Å². The van der Waals surface area contributed by atoms with E-state index in [-0.39, 0.29) is 18.2 Å². The summed E-state index contributed by atoms with van der Waals surface area (Å²) in [7, 11) is -3.31. The van der Waals surface area contributed by atoms with Crippen LogP contribution in [0, 0.1) is 0 Å². The lowest BCUT2D eigenvalue weighted by atomic mass is 10.2. The Morgan fingerprint density at radius 3 is 2.16 bits per heavy atom. The molecule has 1 aliphatic heterocycles. The minimum absolute atomic E-state index is 0.150. The van der Waals surface area contributed by atoms with Gasteiger partial charge in [0.25, 0.3) is 8.41 Å². The molecular weight excluding hydrogens is 448 g/mol. The highest BCUT2D eigenvalue weighted by molar-refractivity contribution is 8.00. The molecule has 1 heterocycles. The number of amides is 2. The third-order valence-electron chi connectivity index (χ3n) is 5.69. The van der Waals surface area contributed by atoms with Crippen LogP contribution < -0.4 is 5.19 Å². The molecule has 1 saturated heterocycles. The van der Waals surface area contributed by atoms with Gasteiger partial charge in [-0.2, -0.15) is 11.8 Å². The van der Waals surface area contributed by atoms with Gasteiger partial charge in [0.15, 0.2) is 0 Å². The summed E-state index contributed by atoms with van der Waals surface area (Å²) in [6.45, 7) is 13.2. The number of thioether (sulfide) groups is 2. The fraction of sp³-hybridized carbons (Fsp3) is 0.652. The van der Waals surface area contributed by atoms with Crippen molar-refractivity contribution in [2.24, 2.45) is 0 Å². The number of hydrogen-bond donors (Lipinski definition) is 0. The normalized spacial score (nSPS) is 18.2. The second-order valence-corrected chi connectivity index (χ2v) is 17.1. The van der Waals surface area contributed by atoms with E-state index >= 15 is 4.11 Å². The number of halogens is 1. The fourth-order valence-corrected chi connectivity index (χ4v) is 10.3. The second-order valence-electron chi connectivity index (χ2n) is 9.98. The molecule has 0 spiro atoms. The van der Waals surface area contributed by atoms with Crippen molar-refractivity contribution < 1.29 is 18.4 Å². The summed E-state index contributed by atoms with van der Waals surface area (Å²) in [4.78, 5) is 27.2. The van der Waals surface area contributed by atoms with Crippen LogP contribution >= 0.6 is 23.5 Å². The van der Waals surface area contributed by atoms with Crippen LogP contribution in [0.4, 0.5) is 4.11 Å². The molecule has 1 aliphatic rings. The number of nitrogens with zero attached hydrogens (tertiary/aromatic N) is 1. The fourth-order valence-electron chi connectivity index (χ4n) is 4.30. The first-order valence-corrected chi connectivity index (χ1v) is 14.8. The van der Waals surface area contributed by atoms with Gasteiger partial charge in [0.1, 0.15) is 0 Å². The van der Waals surface area contributed by atoms with Crippen LogP contribution in [0.25, 0.3) is 0 Å². The molecule has 1 aromatic rings. The number of likely N-dealkylation sites (tertiary alicyclic amines) is 1. The number of carbonyl (C=O) groups excluding carboxylic acids is 2. The van der Waals surface area contributed by atoms with Gasteiger partial charge in [0.05, 0.1) is 25.0 Å². The molecule has 1 aromatic carbocycles. The predicted octanol–water partition coefficient (Wildman–Crippen LogP) is 5.01. The lowest BCUT2D eigenvalue weighted by molar-refractivity contribution is -0.139. The van der Waals surface area contributed by atoms with E-state index < -0.39 is 23.7 Å². The Balaban J connectivity index is 2.06. The zero-order valence-corrected chi connectivity index (χ0v) is 22.4. The standard InChI is InChI=1S/C23H36FNO3S2Si/c1-22(2,3)31(24,23(4,5)6)18-10-8-17(9-11-18)30-19-16-20(26)25(21(19)27)12-13-28-14-15-29-7/h8-11,19H,12-16H2,1-7H3/i24-1. The van der Waals surface area contributed by atoms with E-state index in [9.17, 15) is 9.59 Å². The molecular formula is C23H36FNO3S2Si. The number of benzene rings is 1. The van der Waals surface area contributed by atoms with Crippen molar-refractivity contribution in [3.8, 4) is 0 Å². The molecule has 4 nitrogen and oxygen atoms in total. The smallest absolute Gasteiger partial charge is 0.288 e.